The molecule has 0 amide bonds. The summed E-state index contributed by atoms with van der Waals surface area (Å²) in [6, 6.07) is 0. The Kier molecular flexibility index (Phi) is 4.75. The first kappa shape index (κ1) is 7.36. The van der Waals surface area contributed by atoms with E-state index in [9.17, 15) is 4.39 Å². The normalized spacial score (nSPS) is 15.9. The summed E-state index contributed by atoms with van der Waals surface area (Å²) in [5.74, 6) is -0.523. The van der Waals surface area contributed by atoms with Gasteiger partial charge in [0.1, 0.15) is 5.91 Å². The Morgan fingerprint density at radius 2 is 2.29 bits per heavy atom. The van der Waals surface area contributed by atoms with Crippen molar-refractivity contribution >= 4 is 8.58 Å². The van der Waals surface area contributed by atoms with Crippen LogP contribution in [0.15, 0.2) is 0 Å². The smallest absolute Gasteiger partial charge is 0.116 e. The summed E-state index contributed by atoms with van der Waals surface area (Å²) in [6.07, 6.45) is 1.72. The van der Waals surface area contributed by atoms with E-state index < -0.39 is 5.91 Å². The monoisotopic (exact) mass is 122 g/mol. The van der Waals surface area contributed by atoms with Crippen LogP contribution in [0.4, 0.5) is 4.39 Å². The molecule has 0 radical (unpaired) electrons. The van der Waals surface area contributed by atoms with Gasteiger partial charge in [0.05, 0.1) is 0 Å². The van der Waals surface area contributed by atoms with Crippen molar-refractivity contribution in [2.75, 3.05) is 6.66 Å². The highest BCUT2D eigenvalue weighted by molar-refractivity contribution is 7.37. The third-order valence-electron chi connectivity index (χ3n) is 0.855. The molecule has 0 aliphatic rings. The molecule has 0 saturated carbocycles. The molecule has 0 aromatic rings. The Morgan fingerprint density at radius 3 is 2.43 bits per heavy atom. The first-order valence-corrected chi connectivity index (χ1v) is 4.20. The SMILES string of the molecule is CCCC(F)PC. The van der Waals surface area contributed by atoms with Crippen LogP contribution >= 0.6 is 8.58 Å². The Labute approximate surface area is 46.3 Å². The Morgan fingerprint density at radius 1 is 1.71 bits per heavy atom. The van der Waals surface area contributed by atoms with Gasteiger partial charge in [-0.1, -0.05) is 21.9 Å². The van der Waals surface area contributed by atoms with Crippen molar-refractivity contribution in [3.8, 4) is 0 Å². The second kappa shape index (κ2) is 4.52. The van der Waals surface area contributed by atoms with Gasteiger partial charge in [0, 0.05) is 0 Å². The summed E-state index contributed by atoms with van der Waals surface area (Å²) in [6.45, 7) is 3.91. The summed E-state index contributed by atoms with van der Waals surface area (Å²) in [4.78, 5) is 0. The van der Waals surface area contributed by atoms with Gasteiger partial charge in [-0.05, 0) is 13.1 Å². The molecule has 2 unspecified atom stereocenters. The molecule has 0 bridgehead atoms. The summed E-state index contributed by atoms with van der Waals surface area (Å²) in [5, 5.41) is 0. The van der Waals surface area contributed by atoms with Gasteiger partial charge in [0.25, 0.3) is 0 Å². The minimum Gasteiger partial charge on any atom is -0.243 e. The van der Waals surface area contributed by atoms with Crippen molar-refractivity contribution in [2.24, 2.45) is 0 Å². The van der Waals surface area contributed by atoms with Crippen LogP contribution in [0.2, 0.25) is 0 Å². The predicted octanol–water partition coefficient (Wildman–Crippen LogP) is 2.39. The number of alkyl halides is 1. The topological polar surface area (TPSA) is 0 Å². The quantitative estimate of drug-likeness (QED) is 0.504. The van der Waals surface area contributed by atoms with Gasteiger partial charge in [0.15, 0.2) is 0 Å². The van der Waals surface area contributed by atoms with Gasteiger partial charge >= 0.3 is 0 Å². The minimum atomic E-state index is -0.523. The molecule has 0 nitrogen and oxygen atoms in total. The molecule has 0 aliphatic heterocycles. The van der Waals surface area contributed by atoms with E-state index in [0.717, 1.165) is 12.8 Å². The fourth-order valence-electron chi connectivity index (χ4n) is 0.398. The maximum atomic E-state index is 12.1. The summed E-state index contributed by atoms with van der Waals surface area (Å²) in [7, 11) is 0.472. The fourth-order valence-corrected chi connectivity index (χ4v) is 0.975. The summed E-state index contributed by atoms with van der Waals surface area (Å²) in [5.41, 5.74) is 0. The van der Waals surface area contributed by atoms with Crippen LogP contribution in [0.1, 0.15) is 19.8 Å². The highest BCUT2D eigenvalue weighted by Crippen LogP contribution is 2.19. The molecule has 0 N–H and O–H groups in total. The second-order valence-electron chi connectivity index (χ2n) is 1.54. The summed E-state index contributed by atoms with van der Waals surface area (Å²) < 4.78 is 12.1. The lowest BCUT2D eigenvalue weighted by Gasteiger charge is -1.98. The molecule has 0 spiro atoms. The average Bonchev–Trinajstić information content (AvgIpc) is 1.68. The van der Waals surface area contributed by atoms with Crippen LogP contribution in [-0.4, -0.2) is 12.6 Å². The molecule has 44 valence electrons. The van der Waals surface area contributed by atoms with E-state index in [-0.39, 0.29) is 0 Å². The first-order chi connectivity index (χ1) is 3.31. The van der Waals surface area contributed by atoms with Gasteiger partial charge in [0.2, 0.25) is 0 Å². The number of halogens is 1. The zero-order valence-electron chi connectivity index (χ0n) is 4.87. The van der Waals surface area contributed by atoms with Gasteiger partial charge in [-0.2, -0.15) is 0 Å². The number of rotatable bonds is 3. The van der Waals surface area contributed by atoms with Gasteiger partial charge in [-0.3, -0.25) is 0 Å². The van der Waals surface area contributed by atoms with E-state index in [1.54, 1.807) is 0 Å². The first-order valence-electron chi connectivity index (χ1n) is 2.62. The van der Waals surface area contributed by atoms with Crippen LogP contribution in [0.5, 0.6) is 0 Å². The molecule has 0 fully saturated rings. The third kappa shape index (κ3) is 4.21. The Hall–Kier alpha value is 0.360. The molecular weight excluding hydrogens is 110 g/mol. The molecule has 0 saturated heterocycles. The highest BCUT2D eigenvalue weighted by Gasteiger charge is 1.97. The van der Waals surface area contributed by atoms with Crippen molar-refractivity contribution in [1.29, 1.82) is 0 Å². The van der Waals surface area contributed by atoms with E-state index in [1.165, 1.54) is 0 Å². The molecule has 0 aromatic carbocycles. The molecule has 0 aromatic heterocycles. The number of hydrogen-bond donors (Lipinski definition) is 0. The largest absolute Gasteiger partial charge is 0.243 e. The lowest BCUT2D eigenvalue weighted by atomic mass is 10.4. The van der Waals surface area contributed by atoms with E-state index >= 15 is 0 Å². The second-order valence-corrected chi connectivity index (χ2v) is 2.75. The van der Waals surface area contributed by atoms with E-state index in [1.807, 2.05) is 13.6 Å². The maximum absolute atomic E-state index is 12.1. The van der Waals surface area contributed by atoms with Crippen LogP contribution in [0, 0.1) is 0 Å². The molecule has 0 heterocycles. The van der Waals surface area contributed by atoms with Crippen LogP contribution in [0.3, 0.4) is 0 Å². The standard InChI is InChI=1S/C5H12FP/c1-3-4-5(6)7-2/h5,7H,3-4H2,1-2H3. The molecule has 7 heavy (non-hydrogen) atoms. The van der Waals surface area contributed by atoms with Crippen LogP contribution in [-0.2, 0) is 0 Å². The van der Waals surface area contributed by atoms with Crippen molar-refractivity contribution < 1.29 is 4.39 Å². The fraction of sp³-hybridized carbons (Fsp3) is 1.00. The lowest BCUT2D eigenvalue weighted by molar-refractivity contribution is 0.423. The molecular formula is C5H12FP. The third-order valence-corrected chi connectivity index (χ3v) is 1.77. The van der Waals surface area contributed by atoms with Crippen LogP contribution < -0.4 is 0 Å². The van der Waals surface area contributed by atoms with Crippen LogP contribution in [0.25, 0.3) is 0 Å². The Balaban J connectivity index is 2.83. The molecule has 0 rings (SSSR count). The minimum absolute atomic E-state index is 0.472. The maximum Gasteiger partial charge on any atom is 0.116 e. The molecule has 2 atom stereocenters. The Bertz CT molecular complexity index is 39.1. The van der Waals surface area contributed by atoms with Gasteiger partial charge in [-0.25, -0.2) is 4.39 Å². The molecule has 0 aliphatic carbocycles. The lowest BCUT2D eigenvalue weighted by Crippen LogP contribution is -1.86. The number of hydrogen-bond acceptors (Lipinski definition) is 0. The van der Waals surface area contributed by atoms with Crippen molar-refractivity contribution in [1.82, 2.24) is 0 Å². The van der Waals surface area contributed by atoms with E-state index in [4.69, 9.17) is 0 Å². The average molecular weight is 122 g/mol. The predicted molar refractivity (Wildman–Crippen MR) is 34.0 cm³/mol. The van der Waals surface area contributed by atoms with Crippen molar-refractivity contribution in [3.05, 3.63) is 0 Å². The van der Waals surface area contributed by atoms with Crippen molar-refractivity contribution in [3.63, 3.8) is 0 Å². The highest BCUT2D eigenvalue weighted by atomic mass is 31.1. The van der Waals surface area contributed by atoms with Gasteiger partial charge < -0.3 is 0 Å². The summed E-state index contributed by atoms with van der Waals surface area (Å²) >= 11 is 0. The zero-order chi connectivity index (χ0) is 5.70. The van der Waals surface area contributed by atoms with Gasteiger partial charge in [-0.15, -0.1) is 0 Å². The van der Waals surface area contributed by atoms with E-state index in [2.05, 4.69) is 0 Å². The molecule has 2 heteroatoms. The van der Waals surface area contributed by atoms with E-state index in [0.29, 0.717) is 8.58 Å². The van der Waals surface area contributed by atoms with Crippen molar-refractivity contribution in [2.45, 2.75) is 25.7 Å². The zero-order valence-corrected chi connectivity index (χ0v) is 5.87.